The number of fused-ring (bicyclic) bond motifs is 1. The Morgan fingerprint density at radius 3 is 2.73 bits per heavy atom. The fourth-order valence-electron chi connectivity index (χ4n) is 3.10. The van der Waals surface area contributed by atoms with Crippen LogP contribution in [0.4, 0.5) is 0 Å². The second-order valence-electron chi connectivity index (χ2n) is 5.80. The van der Waals surface area contributed by atoms with Crippen molar-refractivity contribution in [3.05, 3.63) is 29.3 Å². The number of carbonyl (C=O) groups is 2. The Balaban J connectivity index is 1.69. The second-order valence-corrected chi connectivity index (χ2v) is 5.80. The molecular formula is C17H22N2O3. The van der Waals surface area contributed by atoms with Gasteiger partial charge in [0, 0.05) is 44.6 Å². The van der Waals surface area contributed by atoms with Gasteiger partial charge in [0.05, 0.1) is 6.61 Å². The Hall–Kier alpha value is -2.04. The smallest absolute Gasteiger partial charge is 0.253 e. The van der Waals surface area contributed by atoms with Crippen LogP contribution in [0.3, 0.4) is 0 Å². The maximum Gasteiger partial charge on any atom is 0.253 e. The van der Waals surface area contributed by atoms with Gasteiger partial charge in [0.1, 0.15) is 5.75 Å². The molecule has 2 aliphatic rings. The lowest BCUT2D eigenvalue weighted by Crippen LogP contribution is -2.37. The number of ether oxygens (including phenoxy) is 1. The summed E-state index contributed by atoms with van der Waals surface area (Å²) in [7, 11) is 0. The third-order valence-corrected chi connectivity index (χ3v) is 4.37. The molecule has 0 atom stereocenters. The van der Waals surface area contributed by atoms with Gasteiger partial charge in [-0.15, -0.1) is 0 Å². The molecule has 0 saturated carbocycles. The SMILES string of the molecule is CCC(=O)N1CCCN(C(=O)c2ccc3c(c2)CCO3)CC1. The van der Waals surface area contributed by atoms with E-state index < -0.39 is 0 Å². The minimum Gasteiger partial charge on any atom is -0.493 e. The van der Waals surface area contributed by atoms with E-state index in [2.05, 4.69) is 0 Å². The third-order valence-electron chi connectivity index (χ3n) is 4.37. The van der Waals surface area contributed by atoms with Crippen molar-refractivity contribution in [2.45, 2.75) is 26.2 Å². The Kier molecular flexibility index (Phi) is 4.32. The zero-order valence-corrected chi connectivity index (χ0v) is 13.0. The number of amides is 2. The molecule has 118 valence electrons. The van der Waals surface area contributed by atoms with E-state index in [-0.39, 0.29) is 11.8 Å². The summed E-state index contributed by atoms with van der Waals surface area (Å²) < 4.78 is 5.48. The number of rotatable bonds is 2. The first-order valence-electron chi connectivity index (χ1n) is 8.02. The average molecular weight is 302 g/mol. The quantitative estimate of drug-likeness (QED) is 0.835. The van der Waals surface area contributed by atoms with Crippen LogP contribution in [0, 0.1) is 0 Å². The molecule has 1 saturated heterocycles. The predicted molar refractivity (Wildman–Crippen MR) is 83.0 cm³/mol. The summed E-state index contributed by atoms with van der Waals surface area (Å²) in [6.07, 6.45) is 2.24. The van der Waals surface area contributed by atoms with Crippen LogP contribution in [-0.2, 0) is 11.2 Å². The Morgan fingerprint density at radius 2 is 1.91 bits per heavy atom. The van der Waals surface area contributed by atoms with Crippen LogP contribution in [0.15, 0.2) is 18.2 Å². The van der Waals surface area contributed by atoms with Crippen molar-refractivity contribution in [3.63, 3.8) is 0 Å². The van der Waals surface area contributed by atoms with Crippen molar-refractivity contribution in [2.75, 3.05) is 32.8 Å². The molecule has 0 spiro atoms. The number of nitrogens with zero attached hydrogens (tertiary/aromatic N) is 2. The van der Waals surface area contributed by atoms with Crippen LogP contribution in [0.25, 0.3) is 0 Å². The molecule has 0 bridgehead atoms. The summed E-state index contributed by atoms with van der Waals surface area (Å²) in [4.78, 5) is 28.2. The lowest BCUT2D eigenvalue weighted by Gasteiger charge is -2.22. The van der Waals surface area contributed by atoms with E-state index >= 15 is 0 Å². The van der Waals surface area contributed by atoms with Crippen LogP contribution in [-0.4, -0.2) is 54.4 Å². The first-order chi connectivity index (χ1) is 10.7. The third kappa shape index (κ3) is 2.93. The van der Waals surface area contributed by atoms with Crippen LogP contribution in [0.5, 0.6) is 5.75 Å². The van der Waals surface area contributed by atoms with E-state index in [9.17, 15) is 9.59 Å². The highest BCUT2D eigenvalue weighted by atomic mass is 16.5. The van der Waals surface area contributed by atoms with E-state index in [0.29, 0.717) is 32.7 Å². The van der Waals surface area contributed by atoms with Gasteiger partial charge in [-0.25, -0.2) is 0 Å². The fraction of sp³-hybridized carbons (Fsp3) is 0.529. The Morgan fingerprint density at radius 1 is 1.14 bits per heavy atom. The molecule has 2 aliphatic heterocycles. The Bertz CT molecular complexity index is 585. The number of hydrogen-bond acceptors (Lipinski definition) is 3. The van der Waals surface area contributed by atoms with Crippen LogP contribution in [0.2, 0.25) is 0 Å². The molecule has 3 rings (SSSR count). The summed E-state index contributed by atoms with van der Waals surface area (Å²) in [6.45, 7) is 5.27. The van der Waals surface area contributed by atoms with Gasteiger partial charge in [-0.2, -0.15) is 0 Å². The zero-order chi connectivity index (χ0) is 15.5. The van der Waals surface area contributed by atoms with Crippen molar-refractivity contribution in [1.29, 1.82) is 0 Å². The largest absolute Gasteiger partial charge is 0.493 e. The first kappa shape index (κ1) is 14.9. The summed E-state index contributed by atoms with van der Waals surface area (Å²) in [5.41, 5.74) is 1.84. The van der Waals surface area contributed by atoms with Gasteiger partial charge < -0.3 is 14.5 Å². The van der Waals surface area contributed by atoms with Crippen molar-refractivity contribution >= 4 is 11.8 Å². The molecule has 0 unspecified atom stereocenters. The van der Waals surface area contributed by atoms with E-state index in [1.807, 2.05) is 34.9 Å². The minimum absolute atomic E-state index is 0.0560. The van der Waals surface area contributed by atoms with Crippen LogP contribution < -0.4 is 4.74 Å². The number of benzene rings is 1. The second kappa shape index (κ2) is 6.38. The molecule has 0 radical (unpaired) electrons. The number of carbonyl (C=O) groups excluding carboxylic acids is 2. The summed E-state index contributed by atoms with van der Waals surface area (Å²) >= 11 is 0. The summed E-state index contributed by atoms with van der Waals surface area (Å²) in [6, 6.07) is 5.68. The first-order valence-corrected chi connectivity index (χ1v) is 8.02. The molecule has 2 heterocycles. The van der Waals surface area contributed by atoms with Crippen molar-refractivity contribution in [1.82, 2.24) is 9.80 Å². The van der Waals surface area contributed by atoms with Crippen molar-refractivity contribution in [2.24, 2.45) is 0 Å². The maximum absolute atomic E-state index is 12.7. The normalized spacial score (nSPS) is 17.7. The molecule has 5 nitrogen and oxygen atoms in total. The van der Waals surface area contributed by atoms with E-state index in [4.69, 9.17) is 4.74 Å². The molecule has 0 aliphatic carbocycles. The molecule has 22 heavy (non-hydrogen) atoms. The summed E-state index contributed by atoms with van der Waals surface area (Å²) in [5, 5.41) is 0. The van der Waals surface area contributed by atoms with Gasteiger partial charge in [0.15, 0.2) is 0 Å². The topological polar surface area (TPSA) is 49.9 Å². The highest BCUT2D eigenvalue weighted by Crippen LogP contribution is 2.26. The van der Waals surface area contributed by atoms with Crippen LogP contribution >= 0.6 is 0 Å². The molecule has 1 aromatic carbocycles. The lowest BCUT2D eigenvalue weighted by molar-refractivity contribution is -0.130. The monoisotopic (exact) mass is 302 g/mol. The highest BCUT2D eigenvalue weighted by molar-refractivity contribution is 5.94. The highest BCUT2D eigenvalue weighted by Gasteiger charge is 2.23. The average Bonchev–Trinajstić information content (AvgIpc) is 2.88. The minimum atomic E-state index is 0.0560. The molecule has 1 fully saturated rings. The predicted octanol–water partition coefficient (Wildman–Crippen LogP) is 1.71. The van der Waals surface area contributed by atoms with Crippen molar-refractivity contribution < 1.29 is 14.3 Å². The molecular weight excluding hydrogens is 280 g/mol. The van der Waals surface area contributed by atoms with Gasteiger partial charge >= 0.3 is 0 Å². The molecule has 2 amide bonds. The van der Waals surface area contributed by atoms with Crippen LogP contribution in [0.1, 0.15) is 35.7 Å². The molecule has 0 N–H and O–H groups in total. The molecule has 5 heteroatoms. The molecule has 1 aromatic rings. The fourth-order valence-corrected chi connectivity index (χ4v) is 3.10. The van der Waals surface area contributed by atoms with Gasteiger partial charge in [-0.05, 0) is 30.2 Å². The number of hydrogen-bond donors (Lipinski definition) is 0. The van der Waals surface area contributed by atoms with E-state index in [1.54, 1.807) is 0 Å². The standard InChI is InChI=1S/C17H22N2O3/c1-2-16(20)18-7-3-8-19(10-9-18)17(21)14-4-5-15-13(12-14)6-11-22-15/h4-5,12H,2-3,6-11H2,1H3. The van der Waals surface area contributed by atoms with Gasteiger partial charge in [0.25, 0.3) is 5.91 Å². The van der Waals surface area contributed by atoms with Gasteiger partial charge in [0.2, 0.25) is 5.91 Å². The van der Waals surface area contributed by atoms with E-state index in [0.717, 1.165) is 36.3 Å². The zero-order valence-electron chi connectivity index (χ0n) is 13.0. The molecule has 0 aromatic heterocycles. The maximum atomic E-state index is 12.7. The van der Waals surface area contributed by atoms with Crippen molar-refractivity contribution in [3.8, 4) is 5.75 Å². The van der Waals surface area contributed by atoms with Gasteiger partial charge in [-0.1, -0.05) is 6.92 Å². The summed E-state index contributed by atoms with van der Waals surface area (Å²) in [5.74, 6) is 1.12. The Labute approximate surface area is 130 Å². The van der Waals surface area contributed by atoms with Gasteiger partial charge in [-0.3, -0.25) is 9.59 Å². The lowest BCUT2D eigenvalue weighted by atomic mass is 10.1. The van der Waals surface area contributed by atoms with E-state index in [1.165, 1.54) is 0 Å².